The van der Waals surface area contributed by atoms with Crippen molar-refractivity contribution in [3.05, 3.63) is 179 Å². The lowest BCUT2D eigenvalue weighted by molar-refractivity contribution is -0.274. The molecule has 11 nitrogen and oxygen atoms in total. The highest BCUT2D eigenvalue weighted by molar-refractivity contribution is 6.30. The average Bonchev–Trinajstić information content (AvgIpc) is 3.76. The Morgan fingerprint density at radius 2 is 1.33 bits per heavy atom. The first-order chi connectivity index (χ1) is 35.1. The number of aromatic nitrogens is 4. The van der Waals surface area contributed by atoms with Crippen LogP contribution in [0.3, 0.4) is 0 Å². The van der Waals surface area contributed by atoms with Crippen LogP contribution < -0.4 is 30.1 Å². The number of piperidine rings is 1. The van der Waals surface area contributed by atoms with Gasteiger partial charge in [0.25, 0.3) is 5.91 Å². The number of aryl methyl sites for hydroxylation is 1. The minimum atomic E-state index is -4.68. The fraction of sp³-hybridized carbons (Fsp3) is 0.259. The van der Waals surface area contributed by atoms with E-state index in [1.165, 1.54) is 42.7 Å². The molecular weight excluding hydrogens is 975 g/mol. The van der Waals surface area contributed by atoms with Gasteiger partial charge in [0.2, 0.25) is 0 Å². The van der Waals surface area contributed by atoms with E-state index in [1.54, 1.807) is 40.9 Å². The van der Waals surface area contributed by atoms with Gasteiger partial charge in [0.05, 0.1) is 21.8 Å². The summed E-state index contributed by atoms with van der Waals surface area (Å²) < 4.78 is 94.7. The van der Waals surface area contributed by atoms with Crippen LogP contribution in [0.1, 0.15) is 58.6 Å². The minimum absolute atomic E-state index is 0.200. The maximum atomic E-state index is 13.5. The lowest BCUT2D eigenvalue weighted by Crippen LogP contribution is -2.46. The number of nitrogens with zero attached hydrogens (tertiary/aromatic N) is 7. The van der Waals surface area contributed by atoms with Crippen molar-refractivity contribution >= 4 is 62.6 Å². The Kier molecular flexibility index (Phi) is 14.9. The number of imidazole rings is 1. The molecule has 5 heterocycles. The molecule has 378 valence electrons. The van der Waals surface area contributed by atoms with Crippen LogP contribution in [0.2, 0.25) is 5.02 Å². The molecule has 0 bridgehead atoms. The van der Waals surface area contributed by atoms with Crippen LogP contribution in [-0.4, -0.2) is 70.9 Å². The molecule has 0 aliphatic carbocycles. The van der Waals surface area contributed by atoms with Crippen LogP contribution in [0, 0.1) is 5.82 Å². The number of halogens is 8. The van der Waals surface area contributed by atoms with Gasteiger partial charge in [-0.15, -0.1) is 13.2 Å². The first-order valence-electron chi connectivity index (χ1n) is 23.7. The van der Waals surface area contributed by atoms with Gasteiger partial charge in [0.15, 0.2) is 0 Å². The molecule has 5 aromatic carbocycles. The van der Waals surface area contributed by atoms with Gasteiger partial charge in [-0.3, -0.25) is 9.20 Å². The summed E-state index contributed by atoms with van der Waals surface area (Å²) in [6.45, 7) is 6.99. The Balaban J connectivity index is 0.000000181. The van der Waals surface area contributed by atoms with Crippen LogP contribution in [0.4, 0.5) is 59.3 Å². The number of carbonyl (C=O) groups excluding carboxylic acids is 1. The molecule has 0 unspecified atom stereocenters. The van der Waals surface area contributed by atoms with Crippen molar-refractivity contribution in [3.63, 3.8) is 0 Å². The van der Waals surface area contributed by atoms with Gasteiger partial charge in [0, 0.05) is 86.2 Å². The Labute approximate surface area is 421 Å². The largest absolute Gasteiger partial charge is 0.573 e. The van der Waals surface area contributed by atoms with E-state index >= 15 is 0 Å². The maximum Gasteiger partial charge on any atom is 0.573 e. The molecule has 2 saturated heterocycles. The highest BCUT2D eigenvalue weighted by Crippen LogP contribution is 2.34. The second-order valence-electron chi connectivity index (χ2n) is 17.6. The molecule has 0 radical (unpaired) electrons. The third-order valence-electron chi connectivity index (χ3n) is 13.0. The molecule has 19 heteroatoms. The monoisotopic (exact) mass is 1020 g/mol. The third-order valence-corrected chi connectivity index (χ3v) is 13.2. The van der Waals surface area contributed by atoms with Gasteiger partial charge < -0.3 is 30.1 Å². The summed E-state index contributed by atoms with van der Waals surface area (Å²) >= 11 is 6.14. The van der Waals surface area contributed by atoms with Crippen LogP contribution in [0.5, 0.6) is 5.75 Å². The molecule has 3 aromatic heterocycles. The lowest BCUT2D eigenvalue weighted by atomic mass is 9.89. The Bertz CT molecular complexity index is 3160. The number of benzene rings is 5. The maximum absolute atomic E-state index is 13.5. The highest BCUT2D eigenvalue weighted by atomic mass is 35.5. The second kappa shape index (κ2) is 21.6. The van der Waals surface area contributed by atoms with E-state index in [1.807, 2.05) is 43.3 Å². The van der Waals surface area contributed by atoms with E-state index in [-0.39, 0.29) is 23.4 Å². The Hall–Kier alpha value is -7.60. The summed E-state index contributed by atoms with van der Waals surface area (Å²) in [5.41, 5.74) is 7.60. The molecule has 2 fully saturated rings. The number of ether oxygens (including phenoxy) is 1. The van der Waals surface area contributed by atoms with E-state index in [4.69, 9.17) is 11.6 Å². The summed E-state index contributed by atoms with van der Waals surface area (Å²) in [7, 11) is 0. The first-order valence-corrected chi connectivity index (χ1v) is 24.0. The molecule has 2 N–H and O–H groups in total. The van der Waals surface area contributed by atoms with Crippen LogP contribution >= 0.6 is 11.6 Å². The van der Waals surface area contributed by atoms with Crippen molar-refractivity contribution in [1.82, 2.24) is 24.7 Å². The smallest absolute Gasteiger partial charge is 0.406 e. The van der Waals surface area contributed by atoms with Gasteiger partial charge in [-0.25, -0.2) is 19.3 Å². The number of alkyl halides is 6. The number of rotatable bonds is 11. The number of nitrogens with one attached hydrogen (secondary N) is 2. The van der Waals surface area contributed by atoms with Crippen molar-refractivity contribution in [2.45, 2.75) is 51.2 Å². The zero-order valence-electron chi connectivity index (χ0n) is 39.4. The van der Waals surface area contributed by atoms with Gasteiger partial charge in [0.1, 0.15) is 35.1 Å². The van der Waals surface area contributed by atoms with E-state index in [0.29, 0.717) is 40.7 Å². The fourth-order valence-corrected chi connectivity index (χ4v) is 9.32. The molecule has 0 atom stereocenters. The molecule has 2 aliphatic rings. The number of amides is 1. The Morgan fingerprint density at radius 3 is 1.93 bits per heavy atom. The predicted octanol–water partition coefficient (Wildman–Crippen LogP) is 12.6. The summed E-state index contributed by atoms with van der Waals surface area (Å²) in [6.07, 6.45) is -3.47. The normalized spacial score (nSPS) is 14.5. The second-order valence-corrected chi connectivity index (χ2v) is 18.1. The summed E-state index contributed by atoms with van der Waals surface area (Å²) in [5, 5.41) is 7.52. The van der Waals surface area contributed by atoms with Crippen LogP contribution in [-0.2, 0) is 19.1 Å². The van der Waals surface area contributed by atoms with E-state index in [2.05, 4.69) is 57.2 Å². The van der Waals surface area contributed by atoms with E-state index in [0.717, 1.165) is 109 Å². The number of anilines is 5. The summed E-state index contributed by atoms with van der Waals surface area (Å²) in [5.74, 6) is 0.139. The van der Waals surface area contributed by atoms with Crippen LogP contribution in [0.15, 0.2) is 140 Å². The molecule has 73 heavy (non-hydrogen) atoms. The number of fused-ring (bicyclic) bond motifs is 2. The summed E-state index contributed by atoms with van der Waals surface area (Å²) in [6, 6.07) is 35.5. The van der Waals surface area contributed by atoms with E-state index < -0.39 is 18.1 Å². The molecular formula is C54H49ClF7N9O2. The lowest BCUT2D eigenvalue weighted by Gasteiger charge is -2.37. The molecule has 0 spiro atoms. The molecule has 0 saturated carbocycles. The molecule has 2 aliphatic heterocycles. The van der Waals surface area contributed by atoms with Gasteiger partial charge in [-0.2, -0.15) is 13.2 Å². The quantitative estimate of drug-likeness (QED) is 0.123. The van der Waals surface area contributed by atoms with Crippen LogP contribution in [0.25, 0.3) is 16.6 Å². The zero-order chi connectivity index (χ0) is 51.3. The molecule has 10 rings (SSSR count). The van der Waals surface area contributed by atoms with Crippen molar-refractivity contribution in [2.24, 2.45) is 0 Å². The van der Waals surface area contributed by atoms with Gasteiger partial charge in [-0.05, 0) is 133 Å². The first kappa shape index (κ1) is 50.3. The van der Waals surface area contributed by atoms with E-state index in [9.17, 15) is 35.5 Å². The van der Waals surface area contributed by atoms with Gasteiger partial charge >= 0.3 is 12.5 Å². The Morgan fingerprint density at radius 1 is 0.726 bits per heavy atom. The predicted molar refractivity (Wildman–Crippen MR) is 270 cm³/mol. The number of carbonyl (C=O) groups is 1. The highest BCUT2D eigenvalue weighted by Gasteiger charge is 2.32. The molecule has 8 aromatic rings. The SMILES string of the molecule is CCc1nc2ccc(Cl)cn2c1C(=O)NCc1ccc(N2CCC(c3ccc(OC(F)(F)F)cc3)CC2)cc1.Fc1ccc2c(Nc3ccc(N4CCN(c5ccc(C(F)(F)F)cc5)CC4)cc3)ncnc2c1. The minimum Gasteiger partial charge on any atom is -0.406 e. The zero-order valence-corrected chi connectivity index (χ0v) is 40.2. The molecule has 1 amide bonds. The number of piperazine rings is 1. The number of pyridine rings is 1. The average molecular weight is 1020 g/mol. The van der Waals surface area contributed by atoms with Crippen molar-refractivity contribution in [3.8, 4) is 5.75 Å². The topological polar surface area (TPSA) is 103 Å². The van der Waals surface area contributed by atoms with Crippen molar-refractivity contribution < 1.29 is 40.3 Å². The van der Waals surface area contributed by atoms with Gasteiger partial charge in [-0.1, -0.05) is 42.8 Å². The third kappa shape index (κ3) is 12.4. The standard InChI is InChI=1S/C29H28ClF3N4O2.C25H21F4N5/c1-2-25-27(37-18-22(30)7-12-26(37)35-25)28(38)34-17-19-3-8-23(9-4-19)36-15-13-21(14-16-36)20-5-10-24(11-6-20)39-29(31,32)33;26-18-3-10-22-23(15-18)30-16-31-24(22)32-19-4-8-21(9-5-19)34-13-11-33(12-14-34)20-6-1-17(2-7-20)25(27,28)29/h3-12,18,21H,2,13-17H2,1H3,(H,34,38);1-10,15-16H,11-14H2,(H,30,31,32). The number of hydrogen-bond acceptors (Lipinski definition) is 9. The fourth-order valence-electron chi connectivity index (χ4n) is 9.16. The van der Waals surface area contributed by atoms with Crippen molar-refractivity contribution in [2.75, 3.05) is 59.3 Å². The summed E-state index contributed by atoms with van der Waals surface area (Å²) in [4.78, 5) is 32.6. The van der Waals surface area contributed by atoms with Crippen molar-refractivity contribution in [1.29, 1.82) is 0 Å². The number of hydrogen-bond donors (Lipinski definition) is 2.